The normalized spacial score (nSPS) is 11.9. The number of carboxylic acid groups (broad SMARTS) is 1. The van der Waals surface area contributed by atoms with Crippen molar-refractivity contribution < 1.29 is 19.6 Å². The van der Waals surface area contributed by atoms with E-state index in [1.54, 1.807) is 13.8 Å². The Hall–Kier alpha value is -2.64. The van der Waals surface area contributed by atoms with Crippen LogP contribution in [0, 0.1) is 16.0 Å². The van der Waals surface area contributed by atoms with Gasteiger partial charge in [0, 0.05) is 6.07 Å². The second-order valence-electron chi connectivity index (χ2n) is 4.53. The number of carbonyl (C=O) groups is 2. The largest absolute Gasteiger partial charge is 0.480 e. The number of nitrogens with one attached hydrogen (secondary N) is 1. The van der Waals surface area contributed by atoms with Crippen LogP contribution in [0.5, 0.6) is 0 Å². The summed E-state index contributed by atoms with van der Waals surface area (Å²) in [6, 6.07) is 2.69. The number of benzene rings is 1. The highest BCUT2D eigenvalue weighted by Crippen LogP contribution is 2.24. The van der Waals surface area contributed by atoms with Crippen LogP contribution in [0.25, 0.3) is 0 Å². The van der Waals surface area contributed by atoms with Gasteiger partial charge in [-0.1, -0.05) is 19.9 Å². The molecule has 0 unspecified atom stereocenters. The molecule has 0 saturated heterocycles. The molecule has 20 heavy (non-hydrogen) atoms. The van der Waals surface area contributed by atoms with Gasteiger partial charge < -0.3 is 16.2 Å². The molecule has 0 aliphatic carbocycles. The third-order valence-electron chi connectivity index (χ3n) is 2.74. The zero-order chi connectivity index (χ0) is 15.4. The van der Waals surface area contributed by atoms with E-state index in [1.807, 2.05) is 0 Å². The molecule has 0 heterocycles. The van der Waals surface area contributed by atoms with Crippen LogP contribution in [-0.2, 0) is 4.79 Å². The van der Waals surface area contributed by atoms with Crippen molar-refractivity contribution >= 4 is 23.3 Å². The number of nitro benzene ring substituents is 1. The van der Waals surface area contributed by atoms with Crippen LogP contribution >= 0.6 is 0 Å². The second-order valence-corrected chi connectivity index (χ2v) is 4.53. The van der Waals surface area contributed by atoms with Crippen molar-refractivity contribution in [3.63, 3.8) is 0 Å². The average Bonchev–Trinajstić information content (AvgIpc) is 2.34. The lowest BCUT2D eigenvalue weighted by molar-refractivity contribution is -0.383. The van der Waals surface area contributed by atoms with Crippen LogP contribution in [0.2, 0.25) is 0 Å². The molecule has 1 aromatic carbocycles. The minimum atomic E-state index is -1.18. The van der Waals surface area contributed by atoms with Crippen molar-refractivity contribution in [1.29, 1.82) is 0 Å². The standard InChI is InChI=1S/C12H15N3O5/c1-6(2)10(12(17)18)14-11(16)7-4-3-5-8(9(7)13)15(19)20/h3-6,10H,13H2,1-2H3,(H,14,16)(H,17,18)/t10-/m0/s1. The van der Waals surface area contributed by atoms with Crippen molar-refractivity contribution in [3.8, 4) is 0 Å². The topological polar surface area (TPSA) is 136 Å². The number of nitro groups is 1. The van der Waals surface area contributed by atoms with Gasteiger partial charge >= 0.3 is 5.97 Å². The minimum absolute atomic E-state index is 0.119. The minimum Gasteiger partial charge on any atom is -0.480 e. The van der Waals surface area contributed by atoms with Gasteiger partial charge in [-0.3, -0.25) is 14.9 Å². The molecule has 1 amide bonds. The van der Waals surface area contributed by atoms with Crippen LogP contribution in [0.3, 0.4) is 0 Å². The summed E-state index contributed by atoms with van der Waals surface area (Å²) in [6.07, 6.45) is 0. The number of nitrogens with zero attached hydrogens (tertiary/aromatic N) is 1. The van der Waals surface area contributed by atoms with E-state index in [9.17, 15) is 19.7 Å². The number of nitrogens with two attached hydrogens (primary N) is 1. The third-order valence-corrected chi connectivity index (χ3v) is 2.74. The summed E-state index contributed by atoms with van der Waals surface area (Å²) in [4.78, 5) is 33.0. The maximum Gasteiger partial charge on any atom is 0.326 e. The number of anilines is 1. The lowest BCUT2D eigenvalue weighted by Crippen LogP contribution is -2.44. The van der Waals surface area contributed by atoms with Gasteiger partial charge in [0.2, 0.25) is 0 Å². The summed E-state index contributed by atoms with van der Waals surface area (Å²) < 4.78 is 0. The molecule has 0 radical (unpaired) electrons. The van der Waals surface area contributed by atoms with E-state index in [4.69, 9.17) is 10.8 Å². The first-order chi connectivity index (χ1) is 9.25. The summed E-state index contributed by atoms with van der Waals surface area (Å²) in [5, 5.41) is 22.0. The van der Waals surface area contributed by atoms with Crippen LogP contribution in [0.1, 0.15) is 24.2 Å². The number of hydrogen-bond acceptors (Lipinski definition) is 5. The highest BCUT2D eigenvalue weighted by atomic mass is 16.6. The first-order valence-corrected chi connectivity index (χ1v) is 5.82. The first kappa shape index (κ1) is 15.4. The van der Waals surface area contributed by atoms with Crippen molar-refractivity contribution in [1.82, 2.24) is 5.32 Å². The number of hydrogen-bond donors (Lipinski definition) is 3. The summed E-state index contributed by atoms with van der Waals surface area (Å²) >= 11 is 0. The molecule has 1 aromatic rings. The molecule has 1 atom stereocenters. The monoisotopic (exact) mass is 281 g/mol. The molecule has 0 aliphatic heterocycles. The zero-order valence-electron chi connectivity index (χ0n) is 11.0. The van der Waals surface area contributed by atoms with E-state index in [0.29, 0.717) is 0 Å². The molecule has 0 fully saturated rings. The molecule has 1 rings (SSSR count). The number of rotatable bonds is 5. The second kappa shape index (κ2) is 6.00. The maximum absolute atomic E-state index is 12.0. The molecule has 0 spiro atoms. The number of carbonyl (C=O) groups excluding carboxylic acids is 1. The van der Waals surface area contributed by atoms with Crippen LogP contribution < -0.4 is 11.1 Å². The van der Waals surface area contributed by atoms with Gasteiger partial charge in [0.1, 0.15) is 11.7 Å². The van der Waals surface area contributed by atoms with Crippen LogP contribution in [0.4, 0.5) is 11.4 Å². The van der Waals surface area contributed by atoms with Crippen molar-refractivity contribution in [2.45, 2.75) is 19.9 Å². The highest BCUT2D eigenvalue weighted by molar-refractivity contribution is 6.02. The van der Waals surface area contributed by atoms with Crippen molar-refractivity contribution in [2.75, 3.05) is 5.73 Å². The Balaban J connectivity index is 3.07. The number of aliphatic carboxylic acids is 1. The zero-order valence-corrected chi connectivity index (χ0v) is 11.0. The van der Waals surface area contributed by atoms with Crippen molar-refractivity contribution in [3.05, 3.63) is 33.9 Å². The first-order valence-electron chi connectivity index (χ1n) is 5.82. The Morgan fingerprint density at radius 3 is 2.45 bits per heavy atom. The highest BCUT2D eigenvalue weighted by Gasteiger charge is 2.26. The molecule has 0 aromatic heterocycles. The van der Waals surface area contributed by atoms with Gasteiger partial charge in [0.25, 0.3) is 11.6 Å². The van der Waals surface area contributed by atoms with E-state index < -0.39 is 28.5 Å². The number of carboxylic acids is 1. The summed E-state index contributed by atoms with van der Waals surface area (Å²) in [7, 11) is 0. The molecule has 8 heteroatoms. The number of nitrogen functional groups attached to an aromatic ring is 1. The molecule has 108 valence electrons. The number of amides is 1. The van der Waals surface area contributed by atoms with Crippen molar-refractivity contribution in [2.24, 2.45) is 5.92 Å². The van der Waals surface area contributed by atoms with Gasteiger partial charge in [0.05, 0.1) is 10.5 Å². The molecular formula is C12H15N3O5. The summed E-state index contributed by atoms with van der Waals surface area (Å²) in [6.45, 7) is 3.27. The predicted octanol–water partition coefficient (Wildman–Crippen LogP) is 1.02. The molecule has 8 nitrogen and oxygen atoms in total. The molecule has 4 N–H and O–H groups in total. The Kier molecular flexibility index (Phi) is 4.63. The lowest BCUT2D eigenvalue weighted by Gasteiger charge is -2.18. The Morgan fingerprint density at radius 2 is 2.00 bits per heavy atom. The summed E-state index contributed by atoms with van der Waals surface area (Å²) in [5.41, 5.74) is 4.76. The molecule has 0 aliphatic rings. The maximum atomic E-state index is 12.0. The smallest absolute Gasteiger partial charge is 0.326 e. The Morgan fingerprint density at radius 1 is 1.40 bits per heavy atom. The van der Waals surface area contributed by atoms with E-state index in [1.165, 1.54) is 18.2 Å². The van der Waals surface area contributed by atoms with Gasteiger partial charge in [-0.15, -0.1) is 0 Å². The fourth-order valence-electron chi connectivity index (χ4n) is 1.64. The fraction of sp³-hybridized carbons (Fsp3) is 0.333. The molecule has 0 saturated carbocycles. The van der Waals surface area contributed by atoms with E-state index in [2.05, 4.69) is 5.32 Å². The Labute approximate surface area is 114 Å². The van der Waals surface area contributed by atoms with E-state index in [-0.39, 0.29) is 17.2 Å². The predicted molar refractivity (Wildman–Crippen MR) is 71.2 cm³/mol. The van der Waals surface area contributed by atoms with E-state index in [0.717, 1.165) is 0 Å². The Bertz CT molecular complexity index is 556. The van der Waals surface area contributed by atoms with E-state index >= 15 is 0 Å². The quantitative estimate of drug-likeness (QED) is 0.418. The lowest BCUT2D eigenvalue weighted by atomic mass is 10.0. The van der Waals surface area contributed by atoms with Gasteiger partial charge in [-0.25, -0.2) is 4.79 Å². The third kappa shape index (κ3) is 3.22. The van der Waals surface area contributed by atoms with Gasteiger partial charge in [-0.2, -0.15) is 0 Å². The van der Waals surface area contributed by atoms with Crippen LogP contribution in [-0.4, -0.2) is 27.9 Å². The fourth-order valence-corrected chi connectivity index (χ4v) is 1.64. The van der Waals surface area contributed by atoms with Gasteiger partial charge in [0.15, 0.2) is 0 Å². The number of para-hydroxylation sites is 1. The van der Waals surface area contributed by atoms with Crippen LogP contribution in [0.15, 0.2) is 18.2 Å². The molecule has 0 bridgehead atoms. The molecular weight excluding hydrogens is 266 g/mol. The summed E-state index contributed by atoms with van der Waals surface area (Å²) in [5.74, 6) is -2.28. The van der Waals surface area contributed by atoms with Gasteiger partial charge in [-0.05, 0) is 12.0 Å². The average molecular weight is 281 g/mol. The SMILES string of the molecule is CC(C)[C@H](NC(=O)c1cccc([N+](=O)[O-])c1N)C(=O)O.